The van der Waals surface area contributed by atoms with Crippen molar-refractivity contribution in [1.29, 1.82) is 0 Å². The molecule has 0 saturated carbocycles. The van der Waals surface area contributed by atoms with Crippen LogP contribution in [0.4, 0.5) is 5.69 Å². The molecule has 6 nitrogen and oxygen atoms in total. The molecule has 0 spiro atoms. The zero-order valence-corrected chi connectivity index (χ0v) is 17.7. The first-order valence-electron chi connectivity index (χ1n) is 9.66. The second-order valence-corrected chi connectivity index (χ2v) is 7.49. The lowest BCUT2D eigenvalue weighted by atomic mass is 10.0. The van der Waals surface area contributed by atoms with E-state index in [4.69, 9.17) is 0 Å². The Bertz CT molecular complexity index is 858. The highest BCUT2D eigenvalue weighted by molar-refractivity contribution is 5.98. The number of nitrogens with one attached hydrogen (secondary N) is 2. The number of carbonyl (C=O) groups excluding carboxylic acids is 3. The quantitative estimate of drug-likeness (QED) is 0.754. The molecule has 0 radical (unpaired) electrons. The van der Waals surface area contributed by atoms with Crippen molar-refractivity contribution in [2.24, 2.45) is 0 Å². The van der Waals surface area contributed by atoms with Crippen LogP contribution in [-0.2, 0) is 14.4 Å². The largest absolute Gasteiger partial charge is 0.347 e. The normalized spacial score (nSPS) is 11.7. The van der Waals surface area contributed by atoms with Crippen molar-refractivity contribution >= 4 is 23.4 Å². The summed E-state index contributed by atoms with van der Waals surface area (Å²) in [5, 5.41) is 5.39. The highest BCUT2D eigenvalue weighted by Gasteiger charge is 2.28. The fourth-order valence-corrected chi connectivity index (χ4v) is 2.93. The summed E-state index contributed by atoms with van der Waals surface area (Å²) in [4.78, 5) is 38.1. The zero-order chi connectivity index (χ0) is 21.6. The molecule has 2 aromatic carbocycles. The minimum Gasteiger partial charge on any atom is -0.347 e. The van der Waals surface area contributed by atoms with E-state index in [0.29, 0.717) is 17.2 Å². The van der Waals surface area contributed by atoms with Crippen molar-refractivity contribution in [2.45, 2.75) is 39.7 Å². The number of likely N-dealkylation sites (N-methyl/N-ethyl adjacent to an activating group) is 1. The average molecular weight is 396 g/mol. The summed E-state index contributed by atoms with van der Waals surface area (Å²) in [6, 6.07) is 14.3. The predicted octanol–water partition coefficient (Wildman–Crippen LogP) is 3.39. The number of rotatable bonds is 7. The molecule has 29 heavy (non-hydrogen) atoms. The summed E-state index contributed by atoms with van der Waals surface area (Å²) in [5.41, 5.74) is 3.61. The van der Waals surface area contributed by atoms with Gasteiger partial charge in [-0.05, 0) is 36.1 Å². The third-order valence-electron chi connectivity index (χ3n) is 4.76. The van der Waals surface area contributed by atoms with E-state index in [1.54, 1.807) is 7.05 Å². The number of aryl methyl sites for hydroxylation is 1. The van der Waals surface area contributed by atoms with Crippen LogP contribution in [0, 0.1) is 6.92 Å². The minimum absolute atomic E-state index is 0.162. The summed E-state index contributed by atoms with van der Waals surface area (Å²) in [7, 11) is 1.57. The predicted molar refractivity (Wildman–Crippen MR) is 115 cm³/mol. The van der Waals surface area contributed by atoms with Gasteiger partial charge in [0.1, 0.15) is 6.04 Å². The summed E-state index contributed by atoms with van der Waals surface area (Å²) in [6.07, 6.45) is 0. The lowest BCUT2D eigenvalue weighted by Gasteiger charge is -2.28. The van der Waals surface area contributed by atoms with Gasteiger partial charge in [0, 0.05) is 19.7 Å². The molecule has 0 aromatic heterocycles. The van der Waals surface area contributed by atoms with Crippen LogP contribution in [0.15, 0.2) is 48.5 Å². The number of carbonyl (C=O) groups is 3. The van der Waals surface area contributed by atoms with Crippen molar-refractivity contribution in [3.8, 4) is 0 Å². The summed E-state index contributed by atoms with van der Waals surface area (Å²) in [5.74, 6) is -0.563. The van der Waals surface area contributed by atoms with Crippen LogP contribution >= 0.6 is 0 Å². The van der Waals surface area contributed by atoms with Crippen LogP contribution in [-0.4, -0.2) is 36.2 Å². The molecular formula is C23H29N3O3. The van der Waals surface area contributed by atoms with Gasteiger partial charge < -0.3 is 15.5 Å². The van der Waals surface area contributed by atoms with Crippen LogP contribution < -0.4 is 10.6 Å². The lowest BCUT2D eigenvalue weighted by molar-refractivity contribution is -0.137. The Balaban J connectivity index is 2.25. The number of benzene rings is 2. The van der Waals surface area contributed by atoms with E-state index in [1.807, 2.05) is 55.5 Å². The fraction of sp³-hybridized carbons (Fsp3) is 0.348. The lowest BCUT2D eigenvalue weighted by Crippen LogP contribution is -2.43. The van der Waals surface area contributed by atoms with Gasteiger partial charge >= 0.3 is 0 Å². The molecule has 0 unspecified atom stereocenters. The van der Waals surface area contributed by atoms with Crippen LogP contribution in [0.5, 0.6) is 0 Å². The molecule has 0 bridgehead atoms. The molecule has 0 aliphatic heterocycles. The van der Waals surface area contributed by atoms with Gasteiger partial charge in [-0.25, -0.2) is 0 Å². The van der Waals surface area contributed by atoms with E-state index in [9.17, 15) is 14.4 Å². The van der Waals surface area contributed by atoms with Gasteiger partial charge in [-0.1, -0.05) is 55.8 Å². The van der Waals surface area contributed by atoms with Crippen LogP contribution in [0.3, 0.4) is 0 Å². The van der Waals surface area contributed by atoms with Crippen LogP contribution in [0.2, 0.25) is 0 Å². The smallest absolute Gasteiger partial charge is 0.251 e. The molecule has 0 heterocycles. The van der Waals surface area contributed by atoms with Gasteiger partial charge in [0.2, 0.25) is 11.8 Å². The van der Waals surface area contributed by atoms with Crippen molar-refractivity contribution < 1.29 is 14.4 Å². The van der Waals surface area contributed by atoms with Crippen molar-refractivity contribution in [1.82, 2.24) is 10.2 Å². The SMILES string of the molecule is CC(=O)NCC(=O)N(C)[C@@H](C(=O)Nc1ccc(C(C)C)cc1)c1ccc(C)cc1. The summed E-state index contributed by atoms with van der Waals surface area (Å²) < 4.78 is 0. The molecule has 3 amide bonds. The topological polar surface area (TPSA) is 78.5 Å². The van der Waals surface area contributed by atoms with Crippen molar-refractivity contribution in [2.75, 3.05) is 18.9 Å². The molecule has 2 rings (SSSR count). The Morgan fingerprint density at radius 2 is 1.48 bits per heavy atom. The van der Waals surface area contributed by atoms with E-state index < -0.39 is 6.04 Å². The Hall–Kier alpha value is -3.15. The number of hydrogen-bond donors (Lipinski definition) is 2. The maximum atomic E-state index is 13.1. The van der Waals surface area contributed by atoms with Crippen molar-refractivity contribution in [3.05, 3.63) is 65.2 Å². The van der Waals surface area contributed by atoms with Gasteiger partial charge in [-0.3, -0.25) is 14.4 Å². The number of nitrogens with zero attached hydrogens (tertiary/aromatic N) is 1. The van der Waals surface area contributed by atoms with Crippen LogP contribution in [0.25, 0.3) is 0 Å². The van der Waals surface area contributed by atoms with Gasteiger partial charge in [0.05, 0.1) is 6.54 Å². The first kappa shape index (κ1) is 22.1. The van der Waals surface area contributed by atoms with E-state index in [2.05, 4.69) is 24.5 Å². The van der Waals surface area contributed by atoms with E-state index in [-0.39, 0.29) is 24.3 Å². The molecule has 0 aliphatic rings. The summed E-state index contributed by atoms with van der Waals surface area (Å²) in [6.45, 7) is 7.36. The van der Waals surface area contributed by atoms with E-state index in [1.165, 1.54) is 17.4 Å². The van der Waals surface area contributed by atoms with Crippen molar-refractivity contribution in [3.63, 3.8) is 0 Å². The average Bonchev–Trinajstić information content (AvgIpc) is 2.68. The third kappa shape index (κ3) is 6.17. The zero-order valence-electron chi connectivity index (χ0n) is 17.7. The molecule has 1 atom stereocenters. The molecule has 154 valence electrons. The van der Waals surface area contributed by atoms with E-state index >= 15 is 0 Å². The summed E-state index contributed by atoms with van der Waals surface area (Å²) >= 11 is 0. The van der Waals surface area contributed by atoms with E-state index in [0.717, 1.165) is 5.56 Å². The molecule has 6 heteroatoms. The highest BCUT2D eigenvalue weighted by atomic mass is 16.2. The molecule has 2 N–H and O–H groups in total. The van der Waals surface area contributed by atoms with Gasteiger partial charge in [-0.2, -0.15) is 0 Å². The molecule has 2 aromatic rings. The second-order valence-electron chi connectivity index (χ2n) is 7.49. The number of amides is 3. The van der Waals surface area contributed by atoms with Gasteiger partial charge in [0.25, 0.3) is 5.91 Å². The maximum Gasteiger partial charge on any atom is 0.251 e. The molecule has 0 fully saturated rings. The highest BCUT2D eigenvalue weighted by Crippen LogP contribution is 2.23. The fourth-order valence-electron chi connectivity index (χ4n) is 2.93. The molecule has 0 saturated heterocycles. The Labute approximate surface area is 172 Å². The first-order valence-corrected chi connectivity index (χ1v) is 9.66. The first-order chi connectivity index (χ1) is 13.7. The number of anilines is 1. The number of hydrogen-bond acceptors (Lipinski definition) is 3. The minimum atomic E-state index is -0.818. The third-order valence-corrected chi connectivity index (χ3v) is 4.76. The molecular weight excluding hydrogens is 366 g/mol. The maximum absolute atomic E-state index is 13.1. The Kier molecular flexibility index (Phi) is 7.53. The monoisotopic (exact) mass is 395 g/mol. The van der Waals surface area contributed by atoms with Gasteiger partial charge in [-0.15, -0.1) is 0 Å². The molecule has 0 aliphatic carbocycles. The second kappa shape index (κ2) is 9.87. The van der Waals surface area contributed by atoms with Gasteiger partial charge in [0.15, 0.2) is 0 Å². The Morgan fingerprint density at radius 3 is 2.00 bits per heavy atom. The standard InChI is InChI=1S/C23H29N3O3/c1-15(2)18-10-12-20(13-11-18)25-23(29)22(19-8-6-16(3)7-9-19)26(5)21(28)14-24-17(4)27/h6-13,15,22H,14H2,1-5H3,(H,24,27)(H,25,29)/t22-/m1/s1. The van der Waals surface area contributed by atoms with Crippen LogP contribution in [0.1, 0.15) is 49.4 Å². The Morgan fingerprint density at radius 1 is 0.931 bits per heavy atom.